The van der Waals surface area contributed by atoms with E-state index in [-0.39, 0.29) is 40.1 Å². The Balaban J connectivity index is 1.41. The second-order valence-electron chi connectivity index (χ2n) is 21.4. The van der Waals surface area contributed by atoms with Crippen molar-refractivity contribution in [2.24, 2.45) is 11.8 Å². The Morgan fingerprint density at radius 1 is 0.614 bits per heavy atom. The second-order valence-corrected chi connectivity index (χ2v) is 21.4. The first-order valence-corrected chi connectivity index (χ1v) is 25.6. The molecular weight excluding hydrogens is 865 g/mol. The van der Waals surface area contributed by atoms with E-state index in [1.807, 2.05) is 34.1 Å². The summed E-state index contributed by atoms with van der Waals surface area (Å²) >= 11 is 0. The van der Waals surface area contributed by atoms with Crippen molar-refractivity contribution in [3.63, 3.8) is 0 Å². The molecule has 0 saturated carbocycles. The van der Waals surface area contributed by atoms with Gasteiger partial charge in [-0.2, -0.15) is 5.26 Å². The maximum Gasteiger partial charge on any atom is 0.346 e. The number of amides is 2. The van der Waals surface area contributed by atoms with Gasteiger partial charge in [0.1, 0.15) is 11.6 Å². The molecule has 5 aromatic rings. The number of hydrogen-bond acceptors (Lipinski definition) is 5. The number of anilines is 5. The van der Waals surface area contributed by atoms with Gasteiger partial charge in [0.15, 0.2) is 0 Å². The standard InChI is InChI=1S/C62H72N4O4/c1-11-15-17-41(13-3)39-64-54-36-45(44-21-19-43(20-22-44)35-46(38-63)60(69)70)23-33-52(54)56(58(64)67)57-53-34-32-51(37-55(53)65(59(57)68)40-42(14-4)18-16-12-2)66(49-28-24-47(25-29-49)61(5,6)7)50-30-26-48(27-31-50)62(8,9)10/h19-37,41-42H,11-18,39-40H2,1-10H3,(H,69,70)/b46-35-,57-56-. The normalized spacial score (nSPS) is 15.8. The van der Waals surface area contributed by atoms with Crippen molar-refractivity contribution in [2.75, 3.05) is 27.8 Å². The van der Waals surface area contributed by atoms with E-state index in [2.05, 4.69) is 147 Å². The maximum atomic E-state index is 15.5. The molecule has 0 fully saturated rings. The van der Waals surface area contributed by atoms with Gasteiger partial charge in [0.25, 0.3) is 11.8 Å². The van der Waals surface area contributed by atoms with Gasteiger partial charge in [-0.3, -0.25) is 9.59 Å². The summed E-state index contributed by atoms with van der Waals surface area (Å²) in [5, 5.41) is 18.8. The van der Waals surface area contributed by atoms with Crippen molar-refractivity contribution in [1.29, 1.82) is 5.26 Å². The van der Waals surface area contributed by atoms with E-state index in [1.54, 1.807) is 18.2 Å². The molecule has 1 N–H and O–H groups in total. The van der Waals surface area contributed by atoms with Crippen LogP contribution in [0, 0.1) is 23.2 Å². The first-order chi connectivity index (χ1) is 33.4. The number of fused-ring (bicyclic) bond motifs is 2. The lowest BCUT2D eigenvalue weighted by molar-refractivity contribution is -0.132. The number of aliphatic carboxylic acids is 1. The van der Waals surface area contributed by atoms with Gasteiger partial charge >= 0.3 is 5.97 Å². The molecule has 2 unspecified atom stereocenters. The van der Waals surface area contributed by atoms with Crippen LogP contribution >= 0.6 is 0 Å². The maximum absolute atomic E-state index is 15.5. The molecule has 8 nitrogen and oxygen atoms in total. The van der Waals surface area contributed by atoms with Crippen molar-refractivity contribution < 1.29 is 19.5 Å². The zero-order valence-electron chi connectivity index (χ0n) is 43.2. The van der Waals surface area contributed by atoms with Gasteiger partial charge in [0, 0.05) is 41.3 Å². The van der Waals surface area contributed by atoms with Gasteiger partial charge < -0.3 is 19.8 Å². The molecule has 2 aliphatic rings. The van der Waals surface area contributed by atoms with Crippen molar-refractivity contribution in [3.8, 4) is 17.2 Å². The number of unbranched alkanes of at least 4 members (excludes halogenated alkanes) is 2. The highest BCUT2D eigenvalue weighted by atomic mass is 16.4. The molecule has 2 amide bonds. The Kier molecular flexibility index (Phi) is 15.7. The minimum Gasteiger partial charge on any atom is -0.477 e. The van der Waals surface area contributed by atoms with E-state index in [0.29, 0.717) is 29.8 Å². The zero-order chi connectivity index (χ0) is 50.5. The molecule has 0 spiro atoms. The van der Waals surface area contributed by atoms with E-state index in [9.17, 15) is 15.2 Å². The Hall–Kier alpha value is -6.72. The Morgan fingerprint density at radius 3 is 1.46 bits per heavy atom. The first kappa shape index (κ1) is 51.1. The molecule has 5 aromatic carbocycles. The number of carbonyl (C=O) groups is 3. The fourth-order valence-corrected chi connectivity index (χ4v) is 9.90. The van der Waals surface area contributed by atoms with Crippen LogP contribution in [0.2, 0.25) is 0 Å². The van der Waals surface area contributed by atoms with E-state index >= 15 is 9.59 Å². The molecule has 8 heteroatoms. The van der Waals surface area contributed by atoms with Gasteiger partial charge in [-0.25, -0.2) is 4.79 Å². The average molecular weight is 937 g/mol. The van der Waals surface area contributed by atoms with Crippen LogP contribution in [0.3, 0.4) is 0 Å². The Morgan fingerprint density at radius 2 is 1.04 bits per heavy atom. The van der Waals surface area contributed by atoms with Gasteiger partial charge in [0.2, 0.25) is 0 Å². The smallest absolute Gasteiger partial charge is 0.346 e. The van der Waals surface area contributed by atoms with E-state index in [0.717, 1.165) is 102 Å². The number of hydrogen-bond donors (Lipinski definition) is 1. The summed E-state index contributed by atoms with van der Waals surface area (Å²) in [4.78, 5) is 48.6. The number of carboxylic acid groups (broad SMARTS) is 1. The lowest BCUT2D eigenvalue weighted by Crippen LogP contribution is -2.34. The van der Waals surface area contributed by atoms with Crippen LogP contribution in [-0.4, -0.2) is 36.0 Å². The fourth-order valence-electron chi connectivity index (χ4n) is 9.90. The number of nitrogens with zero attached hydrogens (tertiary/aromatic N) is 4. The molecule has 7 rings (SSSR count). The third-order valence-corrected chi connectivity index (χ3v) is 14.4. The quantitative estimate of drug-likeness (QED) is 0.0693. The van der Waals surface area contributed by atoms with Gasteiger partial charge in [-0.15, -0.1) is 0 Å². The third kappa shape index (κ3) is 10.8. The monoisotopic (exact) mass is 937 g/mol. The lowest BCUT2D eigenvalue weighted by Gasteiger charge is -2.29. The van der Waals surface area contributed by atoms with Gasteiger partial charge in [0.05, 0.1) is 22.5 Å². The number of nitriles is 1. The minimum atomic E-state index is -1.27. The SMILES string of the molecule is CCCCC(CC)CN1C(=O)/C(=C2\C(=O)N(CC(CC)CCCC)c3cc(N(c4ccc(C(C)(C)C)cc4)c4ccc(C(C)(C)C)cc4)ccc32)c2ccc(-c3ccc(/C=C(/C#N)C(=O)O)cc3)cc21. The molecule has 0 radical (unpaired) electrons. The van der Waals surface area contributed by atoms with Crippen LogP contribution in [0.15, 0.2) is 115 Å². The highest BCUT2D eigenvalue weighted by Gasteiger charge is 2.43. The molecule has 2 heterocycles. The summed E-state index contributed by atoms with van der Waals surface area (Å²) in [5.41, 5.74) is 11.5. The van der Waals surface area contributed by atoms with Crippen LogP contribution in [-0.2, 0) is 25.2 Å². The average Bonchev–Trinajstić information content (AvgIpc) is 3.76. The topological polar surface area (TPSA) is 105 Å². The van der Waals surface area contributed by atoms with Gasteiger partial charge in [-0.05, 0) is 118 Å². The summed E-state index contributed by atoms with van der Waals surface area (Å²) in [6, 6.07) is 39.1. The predicted molar refractivity (Wildman–Crippen MR) is 290 cm³/mol. The number of benzene rings is 5. The summed E-state index contributed by atoms with van der Waals surface area (Å²) in [6.07, 6.45) is 9.50. The molecule has 364 valence electrons. The van der Waals surface area contributed by atoms with Gasteiger partial charge in [-0.1, -0.05) is 168 Å². The molecule has 0 aromatic heterocycles. The minimum absolute atomic E-state index is 0.0119. The van der Waals surface area contributed by atoms with Crippen LogP contribution < -0.4 is 14.7 Å². The summed E-state index contributed by atoms with van der Waals surface area (Å²) < 4.78 is 0. The Labute approximate surface area is 417 Å². The highest BCUT2D eigenvalue weighted by molar-refractivity contribution is 6.50. The summed E-state index contributed by atoms with van der Waals surface area (Å²) in [7, 11) is 0. The van der Waals surface area contributed by atoms with E-state index in [1.165, 1.54) is 17.2 Å². The summed E-state index contributed by atoms with van der Waals surface area (Å²) in [6.45, 7) is 23.2. The lowest BCUT2D eigenvalue weighted by atomic mass is 9.86. The van der Waals surface area contributed by atoms with Crippen molar-refractivity contribution in [2.45, 2.75) is 131 Å². The molecule has 0 saturated heterocycles. The number of carbonyl (C=O) groups excluding carboxylic acids is 2. The number of carboxylic acids is 1. The number of rotatable bonds is 18. The van der Waals surface area contributed by atoms with E-state index < -0.39 is 5.97 Å². The fraction of sp³-hybridized carbons (Fsp3) is 0.387. The largest absolute Gasteiger partial charge is 0.477 e. The molecule has 0 aliphatic carbocycles. The van der Waals surface area contributed by atoms with Crippen LogP contribution in [0.25, 0.3) is 28.3 Å². The van der Waals surface area contributed by atoms with Crippen molar-refractivity contribution >= 4 is 63.4 Å². The molecule has 2 atom stereocenters. The van der Waals surface area contributed by atoms with Crippen molar-refractivity contribution in [1.82, 2.24) is 0 Å². The highest BCUT2D eigenvalue weighted by Crippen LogP contribution is 2.50. The molecule has 2 aliphatic heterocycles. The van der Waals surface area contributed by atoms with Crippen LogP contribution in [0.1, 0.15) is 148 Å². The Bertz CT molecular complexity index is 2760. The predicted octanol–water partition coefficient (Wildman–Crippen LogP) is 15.4. The first-order valence-electron chi connectivity index (χ1n) is 25.6. The molecule has 70 heavy (non-hydrogen) atoms. The second kappa shape index (κ2) is 21.5. The van der Waals surface area contributed by atoms with Crippen molar-refractivity contribution in [3.05, 3.63) is 143 Å². The van der Waals surface area contributed by atoms with Crippen LogP contribution in [0.4, 0.5) is 28.4 Å². The van der Waals surface area contributed by atoms with E-state index in [4.69, 9.17) is 0 Å². The summed E-state index contributed by atoms with van der Waals surface area (Å²) in [5.74, 6) is -1.02. The molecular formula is C62H72N4O4. The third-order valence-electron chi connectivity index (χ3n) is 14.4. The van der Waals surface area contributed by atoms with Crippen LogP contribution in [0.5, 0.6) is 0 Å². The molecule has 0 bridgehead atoms. The zero-order valence-corrected chi connectivity index (χ0v) is 43.2.